The number of amides is 1. The molecule has 2 aromatic carbocycles. The van der Waals surface area contributed by atoms with Crippen LogP contribution >= 0.6 is 0 Å². The molecule has 0 aliphatic heterocycles. The Morgan fingerprint density at radius 3 is 2.46 bits per heavy atom. The monoisotopic (exact) mass is 386 g/mol. The SMILES string of the molecule is CCOc1ccc(/C=C/C(=O)Nc2ccc(OC)cc2[N+](=O)[O-])cc1OCC. The van der Waals surface area contributed by atoms with Crippen molar-refractivity contribution >= 4 is 23.4 Å². The zero-order valence-corrected chi connectivity index (χ0v) is 15.9. The first-order valence-electron chi connectivity index (χ1n) is 8.69. The number of carbonyl (C=O) groups is 1. The van der Waals surface area contributed by atoms with E-state index >= 15 is 0 Å². The average Bonchev–Trinajstić information content (AvgIpc) is 2.68. The number of rotatable bonds is 9. The van der Waals surface area contributed by atoms with Crippen molar-refractivity contribution in [2.24, 2.45) is 0 Å². The molecule has 0 bridgehead atoms. The van der Waals surface area contributed by atoms with Gasteiger partial charge < -0.3 is 19.5 Å². The number of nitrogens with one attached hydrogen (secondary N) is 1. The molecule has 0 radical (unpaired) electrons. The Morgan fingerprint density at radius 2 is 1.82 bits per heavy atom. The number of hydrogen-bond acceptors (Lipinski definition) is 6. The number of nitro groups is 1. The molecule has 0 aliphatic rings. The standard InChI is InChI=1S/C20H22N2O6/c1-4-27-18-10-6-14(12-19(18)28-5-2)7-11-20(23)21-16-9-8-15(26-3)13-17(16)22(24)25/h6-13H,4-5H2,1-3H3,(H,21,23)/b11-7+. The van der Waals surface area contributed by atoms with Gasteiger partial charge in [-0.1, -0.05) is 6.07 Å². The molecule has 0 saturated heterocycles. The van der Waals surface area contributed by atoms with Gasteiger partial charge in [-0.2, -0.15) is 0 Å². The summed E-state index contributed by atoms with van der Waals surface area (Å²) in [6.07, 6.45) is 2.88. The van der Waals surface area contributed by atoms with E-state index in [4.69, 9.17) is 14.2 Å². The fourth-order valence-corrected chi connectivity index (χ4v) is 2.41. The van der Waals surface area contributed by atoms with Gasteiger partial charge in [0.25, 0.3) is 5.69 Å². The zero-order valence-electron chi connectivity index (χ0n) is 15.9. The number of methoxy groups -OCH3 is 1. The Kier molecular flexibility index (Phi) is 7.38. The number of anilines is 1. The smallest absolute Gasteiger partial charge is 0.296 e. The summed E-state index contributed by atoms with van der Waals surface area (Å²) in [7, 11) is 1.41. The molecule has 8 heteroatoms. The van der Waals surface area contributed by atoms with Crippen molar-refractivity contribution in [3.63, 3.8) is 0 Å². The molecule has 0 fully saturated rings. The van der Waals surface area contributed by atoms with Gasteiger partial charge in [-0.15, -0.1) is 0 Å². The second-order valence-corrected chi connectivity index (χ2v) is 5.53. The zero-order chi connectivity index (χ0) is 20.5. The molecule has 0 unspecified atom stereocenters. The summed E-state index contributed by atoms with van der Waals surface area (Å²) in [5, 5.41) is 13.7. The summed E-state index contributed by atoms with van der Waals surface area (Å²) in [6, 6.07) is 9.52. The van der Waals surface area contributed by atoms with E-state index in [0.29, 0.717) is 30.5 Å². The van der Waals surface area contributed by atoms with Gasteiger partial charge in [0.2, 0.25) is 5.91 Å². The molecule has 8 nitrogen and oxygen atoms in total. The van der Waals surface area contributed by atoms with Crippen molar-refractivity contribution in [1.29, 1.82) is 0 Å². The van der Waals surface area contributed by atoms with Crippen molar-refractivity contribution in [2.45, 2.75) is 13.8 Å². The largest absolute Gasteiger partial charge is 0.496 e. The highest BCUT2D eigenvalue weighted by Gasteiger charge is 2.16. The van der Waals surface area contributed by atoms with Gasteiger partial charge in [-0.25, -0.2) is 0 Å². The van der Waals surface area contributed by atoms with Crippen LogP contribution in [0.5, 0.6) is 17.2 Å². The average molecular weight is 386 g/mol. The molecule has 1 N–H and O–H groups in total. The van der Waals surface area contributed by atoms with Crippen molar-refractivity contribution in [2.75, 3.05) is 25.6 Å². The molecule has 0 spiro atoms. The maximum Gasteiger partial charge on any atom is 0.296 e. The minimum Gasteiger partial charge on any atom is -0.496 e. The van der Waals surface area contributed by atoms with Gasteiger partial charge in [0.05, 0.1) is 31.3 Å². The van der Waals surface area contributed by atoms with Gasteiger partial charge in [-0.3, -0.25) is 14.9 Å². The lowest BCUT2D eigenvalue weighted by atomic mass is 10.2. The van der Waals surface area contributed by atoms with Gasteiger partial charge in [0.1, 0.15) is 11.4 Å². The van der Waals surface area contributed by atoms with E-state index in [9.17, 15) is 14.9 Å². The summed E-state index contributed by atoms with van der Waals surface area (Å²) in [5.41, 5.74) is 0.564. The Hall–Kier alpha value is -3.55. The molecule has 2 aromatic rings. The van der Waals surface area contributed by atoms with E-state index in [1.54, 1.807) is 24.3 Å². The highest BCUT2D eigenvalue weighted by molar-refractivity contribution is 6.03. The molecule has 0 heterocycles. The number of benzene rings is 2. The predicted octanol–water partition coefficient (Wildman–Crippen LogP) is 4.05. The first kappa shape index (κ1) is 20.8. The Labute approximate surface area is 162 Å². The first-order valence-corrected chi connectivity index (χ1v) is 8.69. The lowest BCUT2D eigenvalue weighted by molar-refractivity contribution is -0.384. The van der Waals surface area contributed by atoms with E-state index in [-0.39, 0.29) is 11.4 Å². The van der Waals surface area contributed by atoms with Crippen molar-refractivity contribution in [3.05, 3.63) is 58.2 Å². The van der Waals surface area contributed by atoms with Crippen molar-refractivity contribution in [1.82, 2.24) is 0 Å². The topological polar surface area (TPSA) is 99.9 Å². The van der Waals surface area contributed by atoms with E-state index in [0.717, 1.165) is 5.56 Å². The summed E-state index contributed by atoms with van der Waals surface area (Å²) >= 11 is 0. The lowest BCUT2D eigenvalue weighted by Gasteiger charge is -2.11. The molecule has 1 amide bonds. The van der Waals surface area contributed by atoms with Crippen LogP contribution in [0.25, 0.3) is 6.08 Å². The Balaban J connectivity index is 2.16. The van der Waals surface area contributed by atoms with Crippen LogP contribution in [0.4, 0.5) is 11.4 Å². The van der Waals surface area contributed by atoms with Crippen LogP contribution in [0, 0.1) is 10.1 Å². The van der Waals surface area contributed by atoms with Gasteiger partial charge in [0, 0.05) is 6.08 Å². The number of nitro benzene ring substituents is 1. The fraction of sp³-hybridized carbons (Fsp3) is 0.250. The van der Waals surface area contributed by atoms with Gasteiger partial charge in [-0.05, 0) is 49.8 Å². The van der Waals surface area contributed by atoms with Crippen LogP contribution in [0.2, 0.25) is 0 Å². The van der Waals surface area contributed by atoms with Crippen LogP contribution in [0.3, 0.4) is 0 Å². The van der Waals surface area contributed by atoms with Gasteiger partial charge >= 0.3 is 0 Å². The Bertz CT molecular complexity index is 879. The van der Waals surface area contributed by atoms with Crippen molar-refractivity contribution < 1.29 is 23.9 Å². The van der Waals surface area contributed by atoms with E-state index in [1.807, 2.05) is 13.8 Å². The first-order chi connectivity index (χ1) is 13.5. The van der Waals surface area contributed by atoms with Gasteiger partial charge in [0.15, 0.2) is 11.5 Å². The summed E-state index contributed by atoms with van der Waals surface area (Å²) in [4.78, 5) is 22.8. The second-order valence-electron chi connectivity index (χ2n) is 5.53. The normalized spacial score (nSPS) is 10.5. The summed E-state index contributed by atoms with van der Waals surface area (Å²) in [5.74, 6) is 1.04. The number of carbonyl (C=O) groups excluding carboxylic acids is 1. The van der Waals surface area contributed by atoms with Crippen LogP contribution in [0.1, 0.15) is 19.4 Å². The molecule has 28 heavy (non-hydrogen) atoms. The lowest BCUT2D eigenvalue weighted by Crippen LogP contribution is -2.09. The summed E-state index contributed by atoms with van der Waals surface area (Å²) < 4.78 is 16.0. The molecular formula is C20H22N2O6. The van der Waals surface area contributed by atoms with E-state index < -0.39 is 10.8 Å². The molecule has 0 aliphatic carbocycles. The third-order valence-corrected chi connectivity index (χ3v) is 3.65. The number of ether oxygens (including phenoxy) is 3. The molecule has 0 aromatic heterocycles. The highest BCUT2D eigenvalue weighted by atomic mass is 16.6. The van der Waals surface area contributed by atoms with E-state index in [1.165, 1.54) is 31.4 Å². The summed E-state index contributed by atoms with van der Waals surface area (Å²) in [6.45, 7) is 4.74. The number of hydrogen-bond donors (Lipinski definition) is 1. The predicted molar refractivity (Wildman–Crippen MR) is 106 cm³/mol. The van der Waals surface area contributed by atoms with Crippen LogP contribution in [-0.2, 0) is 4.79 Å². The van der Waals surface area contributed by atoms with E-state index in [2.05, 4.69) is 5.32 Å². The minimum atomic E-state index is -0.581. The minimum absolute atomic E-state index is 0.0853. The maximum atomic E-state index is 12.2. The highest BCUT2D eigenvalue weighted by Crippen LogP contribution is 2.30. The van der Waals surface area contributed by atoms with Crippen LogP contribution in [-0.4, -0.2) is 31.2 Å². The Morgan fingerprint density at radius 1 is 1.11 bits per heavy atom. The molecule has 0 atom stereocenters. The molecular weight excluding hydrogens is 364 g/mol. The fourth-order valence-electron chi connectivity index (χ4n) is 2.41. The maximum absolute atomic E-state index is 12.2. The van der Waals surface area contributed by atoms with Crippen LogP contribution in [0.15, 0.2) is 42.5 Å². The molecule has 148 valence electrons. The van der Waals surface area contributed by atoms with Crippen molar-refractivity contribution in [3.8, 4) is 17.2 Å². The molecule has 0 saturated carbocycles. The van der Waals surface area contributed by atoms with Crippen LogP contribution < -0.4 is 19.5 Å². The third kappa shape index (κ3) is 5.47. The number of nitrogens with zero attached hydrogens (tertiary/aromatic N) is 1. The third-order valence-electron chi connectivity index (χ3n) is 3.65. The molecule has 2 rings (SSSR count). The second kappa shape index (κ2) is 9.96. The quantitative estimate of drug-likeness (QED) is 0.396.